The van der Waals surface area contributed by atoms with E-state index in [0.29, 0.717) is 25.9 Å². The molecule has 1 N–H and O–H groups in total. The fourth-order valence-electron chi connectivity index (χ4n) is 4.19. The predicted molar refractivity (Wildman–Crippen MR) is 116 cm³/mol. The lowest BCUT2D eigenvalue weighted by atomic mass is 9.82. The van der Waals surface area contributed by atoms with E-state index in [0.717, 1.165) is 28.1 Å². The second kappa shape index (κ2) is 8.53. The Morgan fingerprint density at radius 3 is 2.66 bits per heavy atom. The molecule has 156 valence electrons. The summed E-state index contributed by atoms with van der Waals surface area (Å²) in [4.78, 5) is 17.9. The minimum absolute atomic E-state index is 0.0349. The Morgan fingerprint density at radius 2 is 1.93 bits per heavy atom. The van der Waals surface area contributed by atoms with Crippen molar-refractivity contribution in [2.75, 3.05) is 18.8 Å². The number of piperidine rings is 1. The topological polar surface area (TPSA) is 79.4 Å². The molecule has 29 heavy (non-hydrogen) atoms. The molecule has 2 aliphatic rings. The largest absolute Gasteiger partial charge is 0.353 e. The Balaban J connectivity index is 1.43. The van der Waals surface area contributed by atoms with E-state index in [-0.39, 0.29) is 29.5 Å². The van der Waals surface area contributed by atoms with E-state index in [1.54, 1.807) is 22.6 Å². The zero-order chi connectivity index (χ0) is 20.4. The number of fused-ring (bicyclic) bond motifs is 1. The molecule has 4 rings (SSSR count). The molecule has 2 heterocycles. The van der Waals surface area contributed by atoms with E-state index in [1.165, 1.54) is 0 Å². The van der Waals surface area contributed by atoms with E-state index >= 15 is 0 Å². The molecular weight excluding hydrogens is 406 g/mol. The van der Waals surface area contributed by atoms with Gasteiger partial charge in [0.05, 0.1) is 26.9 Å². The van der Waals surface area contributed by atoms with Crippen molar-refractivity contribution in [3.8, 4) is 0 Å². The van der Waals surface area contributed by atoms with Gasteiger partial charge in [-0.05, 0) is 44.7 Å². The van der Waals surface area contributed by atoms with Gasteiger partial charge in [0.25, 0.3) is 0 Å². The van der Waals surface area contributed by atoms with Crippen molar-refractivity contribution < 1.29 is 13.2 Å². The minimum atomic E-state index is -3.15. The van der Waals surface area contributed by atoms with Crippen LogP contribution in [-0.2, 0) is 14.8 Å². The van der Waals surface area contributed by atoms with Gasteiger partial charge in [0, 0.05) is 25.0 Å². The monoisotopic (exact) mass is 433 g/mol. The number of allylic oxidation sites excluding steroid dienone is 2. The van der Waals surface area contributed by atoms with E-state index in [9.17, 15) is 13.2 Å². The zero-order valence-electron chi connectivity index (χ0n) is 16.6. The third-order valence-corrected chi connectivity index (χ3v) is 9.01. The number of sulfonamides is 1. The first-order chi connectivity index (χ1) is 14.0. The van der Waals surface area contributed by atoms with Crippen LogP contribution in [0.3, 0.4) is 0 Å². The Morgan fingerprint density at radius 1 is 1.21 bits per heavy atom. The van der Waals surface area contributed by atoms with Gasteiger partial charge >= 0.3 is 0 Å². The Kier molecular flexibility index (Phi) is 6.03. The van der Waals surface area contributed by atoms with Crippen molar-refractivity contribution in [2.24, 2.45) is 5.92 Å². The summed E-state index contributed by atoms with van der Waals surface area (Å²) in [5.41, 5.74) is 0.991. The van der Waals surface area contributed by atoms with Crippen molar-refractivity contribution in [1.82, 2.24) is 14.6 Å². The number of rotatable bonds is 5. The van der Waals surface area contributed by atoms with Crippen LogP contribution in [-0.4, -0.2) is 48.5 Å². The van der Waals surface area contributed by atoms with Crippen LogP contribution in [0.2, 0.25) is 0 Å². The molecule has 0 saturated carbocycles. The van der Waals surface area contributed by atoms with Crippen molar-refractivity contribution >= 4 is 37.5 Å². The highest BCUT2D eigenvalue weighted by atomic mass is 32.2. The summed E-state index contributed by atoms with van der Waals surface area (Å²) < 4.78 is 26.8. The summed E-state index contributed by atoms with van der Waals surface area (Å²) in [5.74, 6) is 0.161. The van der Waals surface area contributed by atoms with Crippen molar-refractivity contribution in [2.45, 2.75) is 44.6 Å². The molecule has 2 aromatic rings. The van der Waals surface area contributed by atoms with Gasteiger partial charge in [0.2, 0.25) is 15.9 Å². The molecule has 1 fully saturated rings. The van der Waals surface area contributed by atoms with Crippen LogP contribution in [0.5, 0.6) is 0 Å². The maximum Gasteiger partial charge on any atom is 0.224 e. The number of para-hydroxylation sites is 1. The van der Waals surface area contributed by atoms with Crippen LogP contribution in [0.15, 0.2) is 36.4 Å². The summed E-state index contributed by atoms with van der Waals surface area (Å²) in [6.45, 7) is 2.63. The molecule has 0 radical (unpaired) electrons. The summed E-state index contributed by atoms with van der Waals surface area (Å²) in [6.07, 6.45) is 7.11. The van der Waals surface area contributed by atoms with E-state index < -0.39 is 10.0 Å². The van der Waals surface area contributed by atoms with Gasteiger partial charge in [-0.2, -0.15) is 0 Å². The number of thiazole rings is 1. The average molecular weight is 434 g/mol. The first kappa shape index (κ1) is 20.5. The van der Waals surface area contributed by atoms with Crippen LogP contribution in [0.1, 0.15) is 43.5 Å². The van der Waals surface area contributed by atoms with Crippen molar-refractivity contribution in [3.05, 3.63) is 41.4 Å². The predicted octanol–water partition coefficient (Wildman–Crippen LogP) is 3.28. The van der Waals surface area contributed by atoms with E-state index in [1.807, 2.05) is 18.2 Å². The minimum Gasteiger partial charge on any atom is -0.353 e. The fraction of sp³-hybridized carbons (Fsp3) is 0.524. The number of nitrogens with zero attached hydrogens (tertiary/aromatic N) is 2. The molecule has 0 unspecified atom stereocenters. The highest BCUT2D eigenvalue weighted by molar-refractivity contribution is 7.89. The number of aromatic nitrogens is 1. The number of benzene rings is 1. The van der Waals surface area contributed by atoms with Crippen molar-refractivity contribution in [3.63, 3.8) is 0 Å². The molecule has 8 heteroatoms. The maximum absolute atomic E-state index is 13.1. The molecule has 1 aromatic carbocycles. The number of hydrogen-bond acceptors (Lipinski definition) is 5. The summed E-state index contributed by atoms with van der Waals surface area (Å²) >= 11 is 1.68. The molecule has 1 amide bonds. The summed E-state index contributed by atoms with van der Waals surface area (Å²) in [5, 5.41) is 4.22. The highest BCUT2D eigenvalue weighted by Gasteiger charge is 2.34. The van der Waals surface area contributed by atoms with Gasteiger partial charge in [-0.3, -0.25) is 4.79 Å². The zero-order valence-corrected chi connectivity index (χ0v) is 18.2. The molecule has 1 saturated heterocycles. The second-order valence-electron chi connectivity index (χ2n) is 7.76. The molecule has 1 aromatic heterocycles. The first-order valence-corrected chi connectivity index (χ1v) is 12.7. The number of amides is 1. The number of carbonyl (C=O) groups is 1. The molecule has 2 atom stereocenters. The summed E-state index contributed by atoms with van der Waals surface area (Å²) in [6, 6.07) is 8.12. The molecule has 0 bridgehead atoms. The van der Waals surface area contributed by atoms with Crippen LogP contribution in [0.25, 0.3) is 10.2 Å². The first-order valence-electron chi connectivity index (χ1n) is 10.3. The van der Waals surface area contributed by atoms with E-state index in [2.05, 4.69) is 23.5 Å². The third kappa shape index (κ3) is 4.39. The van der Waals surface area contributed by atoms with Gasteiger partial charge < -0.3 is 5.32 Å². The SMILES string of the molecule is CCS(=O)(=O)N1CCC(NC(=O)[C@H]2CC=CC[C@H]2c2nc3ccccc3s2)CC1. The van der Waals surface area contributed by atoms with Crippen LogP contribution < -0.4 is 5.32 Å². The lowest BCUT2D eigenvalue weighted by Gasteiger charge is -2.33. The highest BCUT2D eigenvalue weighted by Crippen LogP contribution is 2.38. The van der Waals surface area contributed by atoms with Crippen LogP contribution >= 0.6 is 11.3 Å². The van der Waals surface area contributed by atoms with Crippen LogP contribution in [0.4, 0.5) is 0 Å². The van der Waals surface area contributed by atoms with Gasteiger partial charge in [-0.1, -0.05) is 24.3 Å². The van der Waals surface area contributed by atoms with Crippen molar-refractivity contribution in [1.29, 1.82) is 0 Å². The van der Waals surface area contributed by atoms with Gasteiger partial charge in [-0.25, -0.2) is 17.7 Å². The standard InChI is InChI=1S/C21H27N3O3S2/c1-2-29(26,27)24-13-11-15(12-14-24)22-20(25)16-7-3-4-8-17(16)21-23-18-9-5-6-10-19(18)28-21/h3-6,9-10,15-17H,2,7-8,11-14H2,1H3,(H,22,25)/t16-,17+/m0/s1. The molecule has 6 nitrogen and oxygen atoms in total. The average Bonchev–Trinajstić information content (AvgIpc) is 3.18. The maximum atomic E-state index is 13.1. The van der Waals surface area contributed by atoms with Gasteiger partial charge in [-0.15, -0.1) is 11.3 Å². The molecular formula is C21H27N3O3S2. The summed E-state index contributed by atoms with van der Waals surface area (Å²) in [7, 11) is -3.15. The third-order valence-electron chi connectivity index (χ3n) is 5.96. The number of carbonyl (C=O) groups excluding carboxylic acids is 1. The smallest absolute Gasteiger partial charge is 0.224 e. The van der Waals surface area contributed by atoms with Crippen LogP contribution in [0, 0.1) is 5.92 Å². The Labute approximate surface area is 176 Å². The van der Waals surface area contributed by atoms with E-state index in [4.69, 9.17) is 4.98 Å². The lowest BCUT2D eigenvalue weighted by Crippen LogP contribution is -2.48. The Hall–Kier alpha value is -1.77. The van der Waals surface area contributed by atoms with Gasteiger partial charge in [0.15, 0.2) is 0 Å². The lowest BCUT2D eigenvalue weighted by molar-refractivity contribution is -0.126. The molecule has 1 aliphatic carbocycles. The molecule has 0 spiro atoms. The fourth-order valence-corrected chi connectivity index (χ4v) is 6.47. The number of nitrogens with one attached hydrogen (secondary N) is 1. The normalized spacial score (nSPS) is 24.0. The Bertz CT molecular complexity index is 974. The quantitative estimate of drug-likeness (QED) is 0.734. The number of hydrogen-bond donors (Lipinski definition) is 1. The second-order valence-corrected chi connectivity index (χ2v) is 11.1. The van der Waals surface area contributed by atoms with Gasteiger partial charge in [0.1, 0.15) is 0 Å². The molecule has 1 aliphatic heterocycles.